The number of esters is 1. The van der Waals surface area contributed by atoms with Gasteiger partial charge in [0.05, 0.1) is 18.4 Å². The van der Waals surface area contributed by atoms with Crippen LogP contribution in [-0.2, 0) is 24.3 Å². The van der Waals surface area contributed by atoms with Crippen molar-refractivity contribution in [2.75, 3.05) is 26.7 Å². The van der Waals surface area contributed by atoms with Crippen molar-refractivity contribution >= 4 is 27.8 Å². The number of sulfonamides is 1. The molecule has 10 heteroatoms. The molecule has 0 aliphatic carbocycles. The van der Waals surface area contributed by atoms with Gasteiger partial charge in [-0.1, -0.05) is 13.0 Å². The van der Waals surface area contributed by atoms with Crippen molar-refractivity contribution in [2.45, 2.75) is 24.3 Å². The normalized spacial score (nSPS) is 17.5. The van der Waals surface area contributed by atoms with Gasteiger partial charge < -0.3 is 15.0 Å². The molecule has 1 fully saturated rings. The van der Waals surface area contributed by atoms with E-state index in [2.05, 4.69) is 14.8 Å². The summed E-state index contributed by atoms with van der Waals surface area (Å²) in [5, 5.41) is 2.60. The quantitative estimate of drug-likeness (QED) is 0.638. The standard InChI is InChI=1S/C16H21N3O6S/c1-3-18-26(23,24)12-6-4-5-11(9-12)16(22)19-8-7-17-15(21)13(19)10-14(20)25-2/h4-6,9,13,18H,3,7-8,10H2,1-2H3,(H,17,21)/t13-/m0/s1. The summed E-state index contributed by atoms with van der Waals surface area (Å²) in [5.41, 5.74) is 0.119. The Hall–Kier alpha value is -2.46. The lowest BCUT2D eigenvalue weighted by Gasteiger charge is -2.34. The Bertz CT molecular complexity index is 808. The number of rotatable bonds is 6. The topological polar surface area (TPSA) is 122 Å². The number of nitrogens with one attached hydrogen (secondary N) is 2. The zero-order valence-electron chi connectivity index (χ0n) is 14.5. The highest BCUT2D eigenvalue weighted by atomic mass is 32.2. The molecule has 1 atom stereocenters. The highest BCUT2D eigenvalue weighted by Crippen LogP contribution is 2.17. The molecule has 1 aromatic carbocycles. The average molecular weight is 383 g/mol. The van der Waals surface area contributed by atoms with Gasteiger partial charge in [-0.3, -0.25) is 14.4 Å². The van der Waals surface area contributed by atoms with E-state index in [0.29, 0.717) is 0 Å². The third-order valence-corrected chi connectivity index (χ3v) is 5.45. The van der Waals surface area contributed by atoms with E-state index in [9.17, 15) is 22.8 Å². The molecule has 0 saturated carbocycles. The van der Waals surface area contributed by atoms with Gasteiger partial charge in [0, 0.05) is 25.2 Å². The predicted molar refractivity (Wildman–Crippen MR) is 91.8 cm³/mol. The molecule has 26 heavy (non-hydrogen) atoms. The van der Waals surface area contributed by atoms with Crippen molar-refractivity contribution in [3.05, 3.63) is 29.8 Å². The molecule has 1 heterocycles. The maximum Gasteiger partial charge on any atom is 0.308 e. The first-order valence-electron chi connectivity index (χ1n) is 8.05. The minimum atomic E-state index is -3.72. The second-order valence-corrected chi connectivity index (χ2v) is 7.38. The summed E-state index contributed by atoms with van der Waals surface area (Å²) in [6, 6.07) is 4.55. The highest BCUT2D eigenvalue weighted by Gasteiger charge is 2.35. The molecule has 1 aromatic rings. The van der Waals surface area contributed by atoms with E-state index in [1.165, 1.54) is 36.3 Å². The van der Waals surface area contributed by atoms with Gasteiger partial charge in [-0.2, -0.15) is 0 Å². The molecule has 0 spiro atoms. The van der Waals surface area contributed by atoms with Crippen LogP contribution in [0.4, 0.5) is 0 Å². The smallest absolute Gasteiger partial charge is 0.308 e. The van der Waals surface area contributed by atoms with Crippen molar-refractivity contribution in [1.29, 1.82) is 0 Å². The van der Waals surface area contributed by atoms with Gasteiger partial charge in [-0.25, -0.2) is 13.1 Å². The molecule has 0 unspecified atom stereocenters. The van der Waals surface area contributed by atoms with Gasteiger partial charge in [0.1, 0.15) is 6.04 Å². The Morgan fingerprint density at radius 2 is 2.12 bits per heavy atom. The summed E-state index contributed by atoms with van der Waals surface area (Å²) >= 11 is 0. The number of benzene rings is 1. The van der Waals surface area contributed by atoms with Crippen molar-refractivity contribution in [2.24, 2.45) is 0 Å². The molecule has 1 aliphatic heterocycles. The van der Waals surface area contributed by atoms with Crippen molar-refractivity contribution in [1.82, 2.24) is 14.9 Å². The number of hydrogen-bond acceptors (Lipinski definition) is 6. The Kier molecular flexibility index (Phi) is 6.32. The monoisotopic (exact) mass is 383 g/mol. The molecular formula is C16H21N3O6S. The lowest BCUT2D eigenvalue weighted by atomic mass is 10.1. The van der Waals surface area contributed by atoms with Crippen LogP contribution in [0.25, 0.3) is 0 Å². The SMILES string of the molecule is CCNS(=O)(=O)c1cccc(C(=O)N2CCNC(=O)[C@@H]2CC(=O)OC)c1. The summed E-state index contributed by atoms with van der Waals surface area (Å²) in [6.07, 6.45) is -0.274. The minimum Gasteiger partial charge on any atom is -0.469 e. The Morgan fingerprint density at radius 3 is 2.77 bits per heavy atom. The third-order valence-electron chi connectivity index (χ3n) is 3.91. The molecular weight excluding hydrogens is 362 g/mol. The number of nitrogens with zero attached hydrogens (tertiary/aromatic N) is 1. The fourth-order valence-corrected chi connectivity index (χ4v) is 3.72. The molecule has 2 amide bonds. The maximum absolute atomic E-state index is 12.8. The fourth-order valence-electron chi connectivity index (χ4n) is 2.64. The number of carbonyl (C=O) groups is 3. The first kappa shape index (κ1) is 19.9. The van der Waals surface area contributed by atoms with Crippen LogP contribution < -0.4 is 10.0 Å². The van der Waals surface area contributed by atoms with E-state index in [1.807, 2.05) is 0 Å². The summed E-state index contributed by atoms with van der Waals surface area (Å²) in [4.78, 5) is 37.7. The first-order chi connectivity index (χ1) is 12.3. The first-order valence-corrected chi connectivity index (χ1v) is 9.53. The second-order valence-electron chi connectivity index (χ2n) is 5.61. The third kappa shape index (κ3) is 4.38. The van der Waals surface area contributed by atoms with Crippen molar-refractivity contribution < 1.29 is 27.5 Å². The van der Waals surface area contributed by atoms with Crippen molar-refractivity contribution in [3.63, 3.8) is 0 Å². The number of ether oxygens (including phenoxy) is 1. The molecule has 0 bridgehead atoms. The molecule has 0 aromatic heterocycles. The van der Waals surface area contributed by atoms with Crippen LogP contribution in [0.1, 0.15) is 23.7 Å². The van der Waals surface area contributed by atoms with E-state index in [1.54, 1.807) is 6.92 Å². The van der Waals surface area contributed by atoms with Crippen LogP contribution in [-0.4, -0.2) is 63.9 Å². The molecule has 0 radical (unpaired) electrons. The van der Waals surface area contributed by atoms with Gasteiger partial charge in [0.25, 0.3) is 5.91 Å². The van der Waals surface area contributed by atoms with E-state index < -0.39 is 33.8 Å². The summed E-state index contributed by atoms with van der Waals surface area (Å²) in [6.45, 7) is 2.32. The largest absolute Gasteiger partial charge is 0.469 e. The summed E-state index contributed by atoms with van der Waals surface area (Å²) in [7, 11) is -2.52. The van der Waals surface area contributed by atoms with E-state index in [0.717, 1.165) is 0 Å². The minimum absolute atomic E-state index is 0.0452. The average Bonchev–Trinajstić information content (AvgIpc) is 2.62. The zero-order valence-corrected chi connectivity index (χ0v) is 15.3. The molecule has 142 valence electrons. The van der Waals surface area contributed by atoms with E-state index in [4.69, 9.17) is 0 Å². The number of amides is 2. The molecule has 1 saturated heterocycles. The van der Waals surface area contributed by atoms with Crippen LogP contribution >= 0.6 is 0 Å². The van der Waals surface area contributed by atoms with Gasteiger partial charge in [0.15, 0.2) is 0 Å². The van der Waals surface area contributed by atoms with Crippen LogP contribution in [0, 0.1) is 0 Å². The highest BCUT2D eigenvalue weighted by molar-refractivity contribution is 7.89. The van der Waals surface area contributed by atoms with Crippen LogP contribution in [0.5, 0.6) is 0 Å². The number of hydrogen-bond donors (Lipinski definition) is 2. The summed E-state index contributed by atoms with van der Waals surface area (Å²) < 4.78 is 31.2. The van der Waals surface area contributed by atoms with E-state index in [-0.39, 0.29) is 36.5 Å². The van der Waals surface area contributed by atoms with E-state index >= 15 is 0 Å². The maximum atomic E-state index is 12.8. The predicted octanol–water partition coefficient (Wildman–Crippen LogP) is -0.511. The Balaban J connectivity index is 2.31. The van der Waals surface area contributed by atoms with Crippen molar-refractivity contribution in [3.8, 4) is 0 Å². The summed E-state index contributed by atoms with van der Waals surface area (Å²) in [5.74, 6) is -1.60. The van der Waals surface area contributed by atoms with Gasteiger partial charge in [-0.05, 0) is 18.2 Å². The number of carbonyl (C=O) groups excluding carboxylic acids is 3. The molecule has 2 N–H and O–H groups in total. The Labute approximate surface area is 151 Å². The molecule has 1 aliphatic rings. The fraction of sp³-hybridized carbons (Fsp3) is 0.438. The van der Waals surface area contributed by atoms with Gasteiger partial charge >= 0.3 is 5.97 Å². The number of piperazine rings is 1. The lowest BCUT2D eigenvalue weighted by molar-refractivity contribution is -0.145. The van der Waals surface area contributed by atoms with Gasteiger partial charge in [0.2, 0.25) is 15.9 Å². The van der Waals surface area contributed by atoms with Crippen LogP contribution in [0.15, 0.2) is 29.2 Å². The lowest BCUT2D eigenvalue weighted by Crippen LogP contribution is -2.57. The number of methoxy groups -OCH3 is 1. The molecule has 2 rings (SSSR count). The zero-order chi connectivity index (χ0) is 19.3. The second kappa shape index (κ2) is 8.28. The van der Waals surface area contributed by atoms with Crippen LogP contribution in [0.2, 0.25) is 0 Å². The molecule has 9 nitrogen and oxygen atoms in total. The Morgan fingerprint density at radius 1 is 1.38 bits per heavy atom. The van der Waals surface area contributed by atoms with Crippen LogP contribution in [0.3, 0.4) is 0 Å². The van der Waals surface area contributed by atoms with Gasteiger partial charge in [-0.15, -0.1) is 0 Å².